The zero-order chi connectivity index (χ0) is 58.5. The van der Waals surface area contributed by atoms with Gasteiger partial charge in [0.25, 0.3) is 0 Å². The molecule has 0 aromatic heterocycles. The molecule has 0 aromatic rings. The number of carbonyl (C=O) groups excluding carboxylic acids is 2. The summed E-state index contributed by atoms with van der Waals surface area (Å²) in [6.07, 6.45) is 90.7. The highest BCUT2D eigenvalue weighted by Crippen LogP contribution is 2.19. The van der Waals surface area contributed by atoms with E-state index in [-0.39, 0.29) is 18.5 Å². The fourth-order valence-electron chi connectivity index (χ4n) is 11.6. The number of amides is 1. The molecule has 6 nitrogen and oxygen atoms in total. The van der Waals surface area contributed by atoms with Crippen molar-refractivity contribution in [1.29, 1.82) is 0 Å². The molecule has 0 fully saturated rings. The molecule has 0 radical (unpaired) electrons. The van der Waals surface area contributed by atoms with Crippen LogP contribution in [0.15, 0.2) is 36.5 Å². The van der Waals surface area contributed by atoms with Gasteiger partial charge >= 0.3 is 5.97 Å². The van der Waals surface area contributed by atoms with E-state index in [9.17, 15) is 19.8 Å². The molecule has 2 atom stereocenters. The van der Waals surface area contributed by atoms with Gasteiger partial charge in [-0.05, 0) is 70.6 Å². The van der Waals surface area contributed by atoms with Gasteiger partial charge < -0.3 is 20.3 Å². The molecule has 0 heterocycles. The molecule has 1 amide bonds. The third-order valence-corrected chi connectivity index (χ3v) is 17.2. The summed E-state index contributed by atoms with van der Waals surface area (Å²) in [6.45, 7) is 4.88. The van der Waals surface area contributed by atoms with Crippen molar-refractivity contribution in [2.24, 2.45) is 0 Å². The van der Waals surface area contributed by atoms with Gasteiger partial charge in [-0.2, -0.15) is 0 Å². The number of carbonyl (C=O) groups is 2. The van der Waals surface area contributed by atoms with E-state index in [1.165, 1.54) is 321 Å². The number of hydrogen-bond acceptors (Lipinski definition) is 5. The topological polar surface area (TPSA) is 95.9 Å². The number of aliphatic hydroxyl groups is 2. The summed E-state index contributed by atoms with van der Waals surface area (Å²) in [5.74, 6) is -0.0699. The first-order valence-electron chi connectivity index (χ1n) is 36.7. The summed E-state index contributed by atoms with van der Waals surface area (Å²) in [6, 6.07) is -0.547. The van der Waals surface area contributed by atoms with E-state index in [0.29, 0.717) is 25.9 Å². The Hall–Kier alpha value is -1.92. The highest BCUT2D eigenvalue weighted by molar-refractivity contribution is 5.76. The average Bonchev–Trinajstić information content (AvgIpc) is 3.47. The molecular weight excluding hydrogens is 995 g/mol. The number of esters is 1. The van der Waals surface area contributed by atoms with E-state index in [4.69, 9.17) is 4.74 Å². The molecule has 81 heavy (non-hydrogen) atoms. The molecule has 0 saturated heterocycles. The van der Waals surface area contributed by atoms with Crippen LogP contribution in [0.2, 0.25) is 0 Å². The van der Waals surface area contributed by atoms with E-state index in [0.717, 1.165) is 51.4 Å². The van der Waals surface area contributed by atoms with Gasteiger partial charge in [-0.25, -0.2) is 0 Å². The maximum absolute atomic E-state index is 12.6. The fourth-order valence-corrected chi connectivity index (χ4v) is 11.6. The summed E-state index contributed by atoms with van der Waals surface area (Å²) >= 11 is 0. The van der Waals surface area contributed by atoms with Crippen molar-refractivity contribution >= 4 is 11.9 Å². The first kappa shape index (κ1) is 79.1. The van der Waals surface area contributed by atoms with Crippen LogP contribution in [0.4, 0.5) is 0 Å². The summed E-state index contributed by atoms with van der Waals surface area (Å²) in [4.78, 5) is 24.7. The van der Waals surface area contributed by atoms with Crippen molar-refractivity contribution < 1.29 is 24.5 Å². The smallest absolute Gasteiger partial charge is 0.305 e. The largest absolute Gasteiger partial charge is 0.465 e. The lowest BCUT2D eigenvalue weighted by molar-refractivity contribution is -0.143. The van der Waals surface area contributed by atoms with Crippen molar-refractivity contribution in [3.05, 3.63) is 36.5 Å². The van der Waals surface area contributed by atoms with Crippen LogP contribution in [-0.4, -0.2) is 47.4 Å². The van der Waals surface area contributed by atoms with Crippen molar-refractivity contribution in [3.8, 4) is 0 Å². The van der Waals surface area contributed by atoms with Gasteiger partial charge in [-0.15, -0.1) is 0 Å². The summed E-state index contributed by atoms with van der Waals surface area (Å²) < 4.78 is 5.44. The number of unbranched alkanes of at least 4 members (excludes halogenated alkanes) is 52. The van der Waals surface area contributed by atoms with E-state index in [1.54, 1.807) is 0 Å². The quantitative estimate of drug-likeness (QED) is 0.0320. The fraction of sp³-hybridized carbons (Fsp3) is 0.893. The third-order valence-electron chi connectivity index (χ3n) is 17.2. The van der Waals surface area contributed by atoms with Crippen molar-refractivity contribution in [3.63, 3.8) is 0 Å². The molecule has 0 aliphatic heterocycles. The van der Waals surface area contributed by atoms with Crippen molar-refractivity contribution in [2.45, 2.75) is 418 Å². The lowest BCUT2D eigenvalue weighted by Crippen LogP contribution is -2.45. The zero-order valence-electron chi connectivity index (χ0n) is 54.8. The Kier molecular flexibility index (Phi) is 68.9. The summed E-state index contributed by atoms with van der Waals surface area (Å²) in [7, 11) is 0. The second kappa shape index (κ2) is 70.6. The zero-order valence-corrected chi connectivity index (χ0v) is 54.8. The van der Waals surface area contributed by atoms with Crippen LogP contribution in [0, 0.1) is 0 Å². The Balaban J connectivity index is 3.43. The molecule has 6 heteroatoms. The predicted octanol–water partition coefficient (Wildman–Crippen LogP) is 23.9. The summed E-state index contributed by atoms with van der Waals surface area (Å²) in [5.41, 5.74) is 0. The molecule has 0 aromatic carbocycles. The van der Waals surface area contributed by atoms with E-state index in [2.05, 4.69) is 55.6 Å². The van der Waals surface area contributed by atoms with Crippen LogP contribution in [0.1, 0.15) is 406 Å². The minimum Gasteiger partial charge on any atom is -0.465 e. The van der Waals surface area contributed by atoms with Crippen LogP contribution >= 0.6 is 0 Å². The van der Waals surface area contributed by atoms with E-state index >= 15 is 0 Å². The Bertz CT molecular complexity index is 1310. The monoisotopic (exact) mass is 1140 g/mol. The maximum Gasteiger partial charge on any atom is 0.305 e. The van der Waals surface area contributed by atoms with Crippen LogP contribution < -0.4 is 5.32 Å². The lowest BCUT2D eigenvalue weighted by Gasteiger charge is -2.22. The normalized spacial score (nSPS) is 12.7. The van der Waals surface area contributed by atoms with Crippen LogP contribution in [0.3, 0.4) is 0 Å². The molecule has 0 aliphatic rings. The number of aliphatic hydroxyl groups excluding tert-OH is 2. The van der Waals surface area contributed by atoms with E-state index in [1.807, 2.05) is 0 Å². The second-order valence-electron chi connectivity index (χ2n) is 25.3. The average molecular weight is 1140 g/mol. The Morgan fingerprint density at radius 1 is 0.346 bits per heavy atom. The molecule has 0 spiro atoms. The van der Waals surface area contributed by atoms with Gasteiger partial charge in [0.05, 0.1) is 25.4 Å². The van der Waals surface area contributed by atoms with E-state index < -0.39 is 12.1 Å². The standard InChI is InChI=1S/C75H143NO5/c1-3-5-7-9-11-13-15-17-19-21-23-24-25-26-28-32-35-39-43-47-51-55-59-63-67-73(78)72(71-77)76-74(79)68-64-60-56-52-48-44-40-36-33-29-27-30-34-38-42-46-50-54-58-62-66-70-81-75(80)69-65-61-57-53-49-45-41-37-31-22-20-18-16-14-12-10-8-6-4-2/h18,20,46,50,58,62,72-73,77-78H,3-17,19,21-45,47-49,51-57,59-61,63-71H2,1-2H3,(H,76,79)/b20-18-,50-46-,62-58-. The van der Waals surface area contributed by atoms with Gasteiger partial charge in [0.1, 0.15) is 0 Å². The first-order valence-corrected chi connectivity index (χ1v) is 36.7. The number of allylic oxidation sites excluding steroid dienone is 5. The Morgan fingerprint density at radius 2 is 0.617 bits per heavy atom. The van der Waals surface area contributed by atoms with Crippen molar-refractivity contribution in [1.82, 2.24) is 5.32 Å². The molecular formula is C75H143NO5. The SMILES string of the molecule is CCCCCCCC/C=C\CCCCCCCCCCCC(=O)OCC/C=C\C/C=C\CCCCCCCCCCCCCCCCC(=O)NC(CO)C(O)CCCCCCCCCCCCCCCCCCCCCCCCCC. The molecule has 478 valence electrons. The van der Waals surface area contributed by atoms with Crippen LogP contribution in [-0.2, 0) is 14.3 Å². The highest BCUT2D eigenvalue weighted by Gasteiger charge is 2.20. The molecule has 3 N–H and O–H groups in total. The minimum atomic E-state index is -0.670. The van der Waals surface area contributed by atoms with Crippen LogP contribution in [0.25, 0.3) is 0 Å². The van der Waals surface area contributed by atoms with Gasteiger partial charge in [0.15, 0.2) is 0 Å². The Morgan fingerprint density at radius 3 is 0.951 bits per heavy atom. The number of nitrogens with one attached hydrogen (secondary N) is 1. The molecule has 0 saturated carbocycles. The van der Waals surface area contributed by atoms with Gasteiger partial charge in [-0.1, -0.05) is 359 Å². The molecule has 0 bridgehead atoms. The molecule has 2 unspecified atom stereocenters. The first-order chi connectivity index (χ1) is 40.0. The Labute approximate surface area is 506 Å². The van der Waals surface area contributed by atoms with Gasteiger partial charge in [-0.3, -0.25) is 9.59 Å². The second-order valence-corrected chi connectivity index (χ2v) is 25.3. The number of ether oxygens (including phenoxy) is 1. The van der Waals surface area contributed by atoms with Crippen molar-refractivity contribution in [2.75, 3.05) is 13.2 Å². The van der Waals surface area contributed by atoms with Crippen LogP contribution in [0.5, 0.6) is 0 Å². The third kappa shape index (κ3) is 67.1. The lowest BCUT2D eigenvalue weighted by atomic mass is 10.0. The number of hydrogen-bond donors (Lipinski definition) is 3. The molecule has 0 aliphatic carbocycles. The summed E-state index contributed by atoms with van der Waals surface area (Å²) in [5, 5.41) is 23.5. The molecule has 0 rings (SSSR count). The minimum absolute atomic E-state index is 0.0346. The number of rotatable bonds is 69. The van der Waals surface area contributed by atoms with Gasteiger partial charge in [0.2, 0.25) is 5.91 Å². The maximum atomic E-state index is 12.6. The predicted molar refractivity (Wildman–Crippen MR) is 356 cm³/mol. The van der Waals surface area contributed by atoms with Gasteiger partial charge in [0, 0.05) is 12.8 Å². The highest BCUT2D eigenvalue weighted by atomic mass is 16.5.